The van der Waals surface area contributed by atoms with Crippen LogP contribution in [0.2, 0.25) is 0 Å². The molecule has 1 aliphatic heterocycles. The van der Waals surface area contributed by atoms with Gasteiger partial charge in [-0.1, -0.05) is 12.1 Å². The molecular formula is C25H23BrFN3O3. The van der Waals surface area contributed by atoms with E-state index in [-0.39, 0.29) is 17.4 Å². The Morgan fingerprint density at radius 1 is 0.970 bits per heavy atom. The number of halogens is 2. The second-order valence-corrected chi connectivity index (χ2v) is 8.46. The number of anilines is 2. The third kappa shape index (κ3) is 5.17. The number of carbonyl (C=O) groups is 2. The van der Waals surface area contributed by atoms with Crippen LogP contribution in [0.15, 0.2) is 71.2 Å². The average molecular weight is 512 g/mol. The van der Waals surface area contributed by atoms with Gasteiger partial charge in [0, 0.05) is 43.1 Å². The molecule has 0 bridgehead atoms. The molecule has 6 nitrogen and oxygen atoms in total. The van der Waals surface area contributed by atoms with Crippen LogP contribution in [-0.2, 0) is 0 Å². The Labute approximate surface area is 200 Å². The summed E-state index contributed by atoms with van der Waals surface area (Å²) in [6, 6.07) is 18.8. The number of benzene rings is 3. The highest BCUT2D eigenvalue weighted by molar-refractivity contribution is 9.10. The van der Waals surface area contributed by atoms with E-state index in [0.717, 1.165) is 5.69 Å². The first-order valence-corrected chi connectivity index (χ1v) is 11.3. The average Bonchev–Trinajstić information content (AvgIpc) is 2.84. The molecule has 170 valence electrons. The number of nitrogens with one attached hydrogen (secondary N) is 1. The zero-order valence-electron chi connectivity index (χ0n) is 18.1. The fraction of sp³-hybridized carbons (Fsp3) is 0.200. The number of carbonyl (C=O) groups excluding carboxylic acids is 2. The molecule has 3 aromatic carbocycles. The predicted octanol–water partition coefficient (Wildman–Crippen LogP) is 4.81. The molecule has 0 spiro atoms. The van der Waals surface area contributed by atoms with E-state index < -0.39 is 5.82 Å². The fourth-order valence-corrected chi connectivity index (χ4v) is 4.28. The van der Waals surface area contributed by atoms with Crippen molar-refractivity contribution in [2.45, 2.75) is 0 Å². The third-order valence-corrected chi connectivity index (χ3v) is 6.20. The molecule has 1 saturated heterocycles. The van der Waals surface area contributed by atoms with Crippen LogP contribution in [0.25, 0.3) is 0 Å². The standard InChI is InChI=1S/C25H23BrFN3O3/c1-33-23-11-6-17(16-21(23)26)24(31)28-18-7-9-19(10-8-18)29-12-14-30(15-13-29)25(32)20-4-2-3-5-22(20)27/h2-11,16H,12-15H2,1H3,(H,28,31). The van der Waals surface area contributed by atoms with Gasteiger partial charge in [0.2, 0.25) is 0 Å². The molecule has 0 aromatic heterocycles. The SMILES string of the molecule is COc1ccc(C(=O)Nc2ccc(N3CCN(C(=O)c4ccccc4F)CC3)cc2)cc1Br. The van der Waals surface area contributed by atoms with Crippen molar-refractivity contribution < 1.29 is 18.7 Å². The molecule has 1 fully saturated rings. The highest BCUT2D eigenvalue weighted by Crippen LogP contribution is 2.26. The quantitative estimate of drug-likeness (QED) is 0.533. The summed E-state index contributed by atoms with van der Waals surface area (Å²) < 4.78 is 19.8. The molecule has 1 N–H and O–H groups in total. The van der Waals surface area contributed by atoms with Gasteiger partial charge in [-0.15, -0.1) is 0 Å². The third-order valence-electron chi connectivity index (χ3n) is 5.58. The monoisotopic (exact) mass is 511 g/mol. The summed E-state index contributed by atoms with van der Waals surface area (Å²) in [6.45, 7) is 2.31. The first-order valence-electron chi connectivity index (χ1n) is 10.5. The zero-order chi connectivity index (χ0) is 23.4. The minimum absolute atomic E-state index is 0.106. The van der Waals surface area contributed by atoms with Crippen molar-refractivity contribution in [2.75, 3.05) is 43.5 Å². The van der Waals surface area contributed by atoms with Gasteiger partial charge in [-0.2, -0.15) is 0 Å². The van der Waals surface area contributed by atoms with Crippen molar-refractivity contribution in [3.63, 3.8) is 0 Å². The van der Waals surface area contributed by atoms with Gasteiger partial charge in [-0.05, 0) is 70.5 Å². The van der Waals surface area contributed by atoms with Gasteiger partial charge in [-0.25, -0.2) is 4.39 Å². The van der Waals surface area contributed by atoms with E-state index in [0.29, 0.717) is 47.7 Å². The Hall–Kier alpha value is -3.39. The summed E-state index contributed by atoms with van der Waals surface area (Å²) >= 11 is 3.39. The maximum Gasteiger partial charge on any atom is 0.256 e. The molecule has 2 amide bonds. The molecular weight excluding hydrogens is 489 g/mol. The lowest BCUT2D eigenvalue weighted by Gasteiger charge is -2.36. The van der Waals surface area contributed by atoms with Crippen molar-refractivity contribution in [1.82, 2.24) is 4.90 Å². The molecule has 8 heteroatoms. The fourth-order valence-electron chi connectivity index (χ4n) is 3.74. The minimum Gasteiger partial charge on any atom is -0.496 e. The molecule has 4 rings (SSSR count). The Balaban J connectivity index is 1.34. The van der Waals surface area contributed by atoms with Gasteiger partial charge in [0.1, 0.15) is 11.6 Å². The predicted molar refractivity (Wildman–Crippen MR) is 130 cm³/mol. The summed E-state index contributed by atoms with van der Waals surface area (Å²) in [5.74, 6) is -0.335. The summed E-state index contributed by atoms with van der Waals surface area (Å²) in [4.78, 5) is 29.0. The number of ether oxygens (including phenoxy) is 1. The molecule has 1 aliphatic rings. The van der Waals surface area contributed by atoms with E-state index >= 15 is 0 Å². The van der Waals surface area contributed by atoms with Gasteiger partial charge in [-0.3, -0.25) is 9.59 Å². The number of rotatable bonds is 5. The maximum atomic E-state index is 13.9. The van der Waals surface area contributed by atoms with E-state index in [1.165, 1.54) is 12.1 Å². The van der Waals surface area contributed by atoms with Gasteiger partial charge >= 0.3 is 0 Å². The molecule has 0 atom stereocenters. The van der Waals surface area contributed by atoms with Crippen molar-refractivity contribution in [1.29, 1.82) is 0 Å². The zero-order valence-corrected chi connectivity index (χ0v) is 19.6. The van der Waals surface area contributed by atoms with Gasteiger partial charge in [0.15, 0.2) is 0 Å². The van der Waals surface area contributed by atoms with Crippen LogP contribution < -0.4 is 15.0 Å². The summed E-state index contributed by atoms with van der Waals surface area (Å²) in [7, 11) is 1.57. The molecule has 0 radical (unpaired) electrons. The Kier molecular flexibility index (Phi) is 6.93. The first kappa shape index (κ1) is 22.8. The summed E-state index contributed by atoms with van der Waals surface area (Å²) in [5.41, 5.74) is 2.31. The van der Waals surface area contributed by atoms with E-state index in [1.54, 1.807) is 42.3 Å². The summed E-state index contributed by atoms with van der Waals surface area (Å²) in [6.07, 6.45) is 0. The molecule has 3 aromatic rings. The van der Waals surface area contributed by atoms with Crippen LogP contribution in [0.5, 0.6) is 5.75 Å². The molecule has 0 unspecified atom stereocenters. The van der Waals surface area contributed by atoms with Gasteiger partial charge < -0.3 is 19.9 Å². The highest BCUT2D eigenvalue weighted by Gasteiger charge is 2.24. The number of piperazine rings is 1. The molecule has 0 aliphatic carbocycles. The van der Waals surface area contributed by atoms with Crippen molar-refractivity contribution in [3.8, 4) is 5.75 Å². The lowest BCUT2D eigenvalue weighted by molar-refractivity contribution is 0.0742. The van der Waals surface area contributed by atoms with E-state index in [2.05, 4.69) is 26.1 Å². The lowest BCUT2D eigenvalue weighted by atomic mass is 10.1. The Morgan fingerprint density at radius 2 is 1.67 bits per heavy atom. The second kappa shape index (κ2) is 10.0. The number of amides is 2. The number of hydrogen-bond donors (Lipinski definition) is 1. The number of methoxy groups -OCH3 is 1. The normalized spacial score (nSPS) is 13.5. The van der Waals surface area contributed by atoms with E-state index in [1.807, 2.05) is 24.3 Å². The topological polar surface area (TPSA) is 61.9 Å². The van der Waals surface area contributed by atoms with Crippen LogP contribution in [0, 0.1) is 5.82 Å². The molecule has 0 saturated carbocycles. The summed E-state index contributed by atoms with van der Waals surface area (Å²) in [5, 5.41) is 2.89. The van der Waals surface area contributed by atoms with Crippen LogP contribution in [0.3, 0.4) is 0 Å². The van der Waals surface area contributed by atoms with Crippen LogP contribution >= 0.6 is 15.9 Å². The first-order chi connectivity index (χ1) is 16.0. The molecule has 1 heterocycles. The van der Waals surface area contributed by atoms with Gasteiger partial charge in [0.05, 0.1) is 17.1 Å². The lowest BCUT2D eigenvalue weighted by Crippen LogP contribution is -2.49. The number of hydrogen-bond acceptors (Lipinski definition) is 4. The smallest absolute Gasteiger partial charge is 0.256 e. The largest absolute Gasteiger partial charge is 0.496 e. The van der Waals surface area contributed by atoms with E-state index in [4.69, 9.17) is 4.74 Å². The van der Waals surface area contributed by atoms with Crippen molar-refractivity contribution in [3.05, 3.63) is 88.1 Å². The van der Waals surface area contributed by atoms with Crippen LogP contribution in [-0.4, -0.2) is 50.0 Å². The van der Waals surface area contributed by atoms with Crippen LogP contribution in [0.4, 0.5) is 15.8 Å². The van der Waals surface area contributed by atoms with Gasteiger partial charge in [0.25, 0.3) is 11.8 Å². The second-order valence-electron chi connectivity index (χ2n) is 7.61. The van der Waals surface area contributed by atoms with E-state index in [9.17, 15) is 14.0 Å². The van der Waals surface area contributed by atoms with Crippen molar-refractivity contribution >= 4 is 39.1 Å². The maximum absolute atomic E-state index is 13.9. The highest BCUT2D eigenvalue weighted by atomic mass is 79.9. The van der Waals surface area contributed by atoms with Crippen molar-refractivity contribution in [2.24, 2.45) is 0 Å². The molecule has 33 heavy (non-hydrogen) atoms. The Bertz CT molecular complexity index is 1160. The Morgan fingerprint density at radius 3 is 2.30 bits per heavy atom. The number of nitrogens with zero attached hydrogens (tertiary/aromatic N) is 2. The minimum atomic E-state index is -0.496. The van der Waals surface area contributed by atoms with Crippen LogP contribution in [0.1, 0.15) is 20.7 Å².